The van der Waals surface area contributed by atoms with Crippen LogP contribution in [0.4, 0.5) is 10.5 Å². The summed E-state index contributed by atoms with van der Waals surface area (Å²) in [7, 11) is 3.30. The Morgan fingerprint density at radius 2 is 2.11 bits per heavy atom. The standard InChI is InChI=1S/C20H24N5O3/c1-13(2)12-25-18(26)16-17(22(3)20(25)27)21-19-23(10-7-11-24(16)19)14-8-5-6-9-15(14)28-4/h5-6,8-9,16H,1,7,10-12H2,2-4H3/q+1. The van der Waals surface area contributed by atoms with Crippen LogP contribution in [0.3, 0.4) is 0 Å². The number of amides is 3. The summed E-state index contributed by atoms with van der Waals surface area (Å²) in [5.41, 5.74) is 1.65. The molecule has 0 aliphatic carbocycles. The Balaban J connectivity index is 1.78. The number of hydrogen-bond acceptors (Lipinski definition) is 5. The van der Waals surface area contributed by atoms with Crippen molar-refractivity contribution in [1.82, 2.24) is 9.80 Å². The van der Waals surface area contributed by atoms with Gasteiger partial charge in [0.2, 0.25) is 11.9 Å². The molecule has 3 heterocycles. The maximum atomic E-state index is 13.2. The first-order valence-corrected chi connectivity index (χ1v) is 9.30. The first-order valence-electron chi connectivity index (χ1n) is 9.30. The Hall–Kier alpha value is -3.16. The fourth-order valence-corrected chi connectivity index (χ4v) is 3.95. The van der Waals surface area contributed by atoms with Crippen molar-refractivity contribution in [3.05, 3.63) is 36.4 Å². The Bertz CT molecular complexity index is 936. The molecular formula is C20H24N5O3+. The molecule has 1 aromatic carbocycles. The third-order valence-corrected chi connectivity index (χ3v) is 5.22. The Labute approximate surface area is 164 Å². The van der Waals surface area contributed by atoms with Crippen molar-refractivity contribution < 1.29 is 18.9 Å². The molecule has 0 radical (unpaired) electrons. The third-order valence-electron chi connectivity index (χ3n) is 5.22. The molecule has 1 aromatic rings. The number of fused-ring (bicyclic) bond motifs is 2. The Morgan fingerprint density at radius 3 is 2.82 bits per heavy atom. The summed E-state index contributed by atoms with van der Waals surface area (Å²) in [5.74, 6) is 1.65. The molecule has 146 valence electrons. The molecule has 1 atom stereocenters. The zero-order chi connectivity index (χ0) is 20.0. The predicted molar refractivity (Wildman–Crippen MR) is 106 cm³/mol. The van der Waals surface area contributed by atoms with Gasteiger partial charge in [-0.2, -0.15) is 0 Å². The number of rotatable bonds is 4. The van der Waals surface area contributed by atoms with Crippen LogP contribution >= 0.6 is 0 Å². The lowest BCUT2D eigenvalue weighted by molar-refractivity contribution is -0.539. The molecule has 1 fully saturated rings. The summed E-state index contributed by atoms with van der Waals surface area (Å²) in [4.78, 5) is 35.4. The molecule has 28 heavy (non-hydrogen) atoms. The average molecular weight is 382 g/mol. The highest BCUT2D eigenvalue weighted by Gasteiger charge is 2.54. The lowest BCUT2D eigenvalue weighted by atomic mass is 10.1. The predicted octanol–water partition coefficient (Wildman–Crippen LogP) is 1.52. The topological polar surface area (TPSA) is 68.5 Å². The van der Waals surface area contributed by atoms with Gasteiger partial charge in [-0.25, -0.2) is 14.3 Å². The maximum absolute atomic E-state index is 13.2. The van der Waals surface area contributed by atoms with Gasteiger partial charge in [-0.1, -0.05) is 29.3 Å². The summed E-state index contributed by atoms with van der Waals surface area (Å²) >= 11 is 0. The van der Waals surface area contributed by atoms with E-state index in [9.17, 15) is 9.59 Å². The van der Waals surface area contributed by atoms with E-state index in [1.54, 1.807) is 21.1 Å². The largest absolute Gasteiger partial charge is 0.493 e. The van der Waals surface area contributed by atoms with Gasteiger partial charge in [-0.15, -0.1) is 0 Å². The fourth-order valence-electron chi connectivity index (χ4n) is 3.95. The molecule has 8 heteroatoms. The molecule has 3 aliphatic heterocycles. The molecule has 0 saturated carbocycles. The third kappa shape index (κ3) is 2.67. The zero-order valence-electron chi connectivity index (χ0n) is 16.4. The molecule has 1 unspecified atom stereocenters. The quantitative estimate of drug-likeness (QED) is 0.585. The highest BCUT2D eigenvalue weighted by atomic mass is 16.5. The second kappa shape index (κ2) is 6.78. The number of aliphatic imine (C=N–C) groups is 1. The minimum absolute atomic E-state index is 0.213. The number of guanidine groups is 1. The molecule has 3 aliphatic rings. The lowest BCUT2D eigenvalue weighted by Gasteiger charge is -2.34. The van der Waals surface area contributed by atoms with Crippen LogP contribution in [-0.4, -0.2) is 77.9 Å². The van der Waals surface area contributed by atoms with Crippen LogP contribution in [-0.2, 0) is 4.79 Å². The number of methoxy groups -OCH3 is 1. The highest BCUT2D eigenvalue weighted by molar-refractivity contribution is 6.24. The van der Waals surface area contributed by atoms with Crippen LogP contribution in [0.25, 0.3) is 0 Å². The van der Waals surface area contributed by atoms with Crippen molar-refractivity contribution >= 4 is 29.4 Å². The van der Waals surface area contributed by atoms with Crippen molar-refractivity contribution in [2.45, 2.75) is 19.4 Å². The van der Waals surface area contributed by atoms with Crippen LogP contribution in [0.2, 0.25) is 0 Å². The van der Waals surface area contributed by atoms with E-state index in [0.717, 1.165) is 30.0 Å². The Kier molecular flexibility index (Phi) is 4.41. The zero-order valence-corrected chi connectivity index (χ0v) is 16.4. The van der Waals surface area contributed by atoms with E-state index in [-0.39, 0.29) is 18.5 Å². The van der Waals surface area contributed by atoms with Crippen LogP contribution in [0, 0.1) is 0 Å². The first-order chi connectivity index (χ1) is 13.4. The number of amidine groups is 1. The number of anilines is 1. The van der Waals surface area contributed by atoms with E-state index >= 15 is 0 Å². The van der Waals surface area contributed by atoms with Gasteiger partial charge in [-0.05, 0) is 19.1 Å². The Morgan fingerprint density at radius 1 is 1.36 bits per heavy atom. The van der Waals surface area contributed by atoms with E-state index in [4.69, 9.17) is 9.73 Å². The maximum Gasteiger partial charge on any atom is 0.397 e. The SMILES string of the molecule is C=C(C)CN1C(=O)C2C(=NC3=[N+]2CCCN3c2ccccc2OC)N(C)C1=O. The molecule has 0 spiro atoms. The lowest BCUT2D eigenvalue weighted by Crippen LogP contribution is -2.63. The summed E-state index contributed by atoms with van der Waals surface area (Å²) in [6.07, 6.45) is 0.867. The number of hydrogen-bond donors (Lipinski definition) is 0. The van der Waals surface area contributed by atoms with Crippen molar-refractivity contribution in [3.63, 3.8) is 0 Å². The van der Waals surface area contributed by atoms with Gasteiger partial charge in [0.1, 0.15) is 5.69 Å². The monoisotopic (exact) mass is 382 g/mol. The van der Waals surface area contributed by atoms with Crippen molar-refractivity contribution in [2.75, 3.05) is 38.7 Å². The molecule has 1 saturated heterocycles. The summed E-state index contributed by atoms with van der Waals surface area (Å²) in [6, 6.07) is 6.78. The average Bonchev–Trinajstić information content (AvgIpc) is 3.09. The fraction of sp³-hybridized carbons (Fsp3) is 0.400. The molecule has 0 bridgehead atoms. The van der Waals surface area contributed by atoms with E-state index < -0.39 is 6.04 Å². The summed E-state index contributed by atoms with van der Waals surface area (Å²) < 4.78 is 7.50. The number of carbonyl (C=O) groups excluding carboxylic acids is 2. The first kappa shape index (κ1) is 18.2. The van der Waals surface area contributed by atoms with Crippen LogP contribution in [0.15, 0.2) is 41.4 Å². The van der Waals surface area contributed by atoms with Crippen molar-refractivity contribution in [2.24, 2.45) is 4.99 Å². The number of para-hydroxylation sites is 2. The van der Waals surface area contributed by atoms with Crippen molar-refractivity contribution in [3.8, 4) is 5.75 Å². The highest BCUT2D eigenvalue weighted by Crippen LogP contribution is 2.32. The number of carbonyl (C=O) groups is 2. The van der Waals surface area contributed by atoms with E-state index in [0.29, 0.717) is 18.3 Å². The number of likely N-dealkylation sites (N-methyl/N-ethyl adjacent to an activating group) is 1. The van der Waals surface area contributed by atoms with Crippen LogP contribution in [0.1, 0.15) is 13.3 Å². The van der Waals surface area contributed by atoms with E-state index in [1.807, 2.05) is 28.8 Å². The number of nitrogens with zero attached hydrogens (tertiary/aromatic N) is 5. The second-order valence-electron chi connectivity index (χ2n) is 7.27. The normalized spacial score (nSPS) is 21.6. The molecule has 8 nitrogen and oxygen atoms in total. The van der Waals surface area contributed by atoms with Gasteiger partial charge in [0, 0.05) is 13.5 Å². The van der Waals surface area contributed by atoms with E-state index in [1.165, 1.54) is 9.80 Å². The van der Waals surface area contributed by atoms with E-state index in [2.05, 4.69) is 11.5 Å². The summed E-state index contributed by atoms with van der Waals surface area (Å²) in [6.45, 7) is 7.33. The molecule has 3 amide bonds. The number of imide groups is 1. The smallest absolute Gasteiger partial charge is 0.397 e. The number of benzene rings is 1. The molecule has 4 rings (SSSR count). The van der Waals surface area contributed by atoms with Gasteiger partial charge in [0.15, 0.2) is 5.75 Å². The molecule has 0 N–H and O–H groups in total. The van der Waals surface area contributed by atoms with Crippen LogP contribution in [0.5, 0.6) is 5.75 Å². The van der Waals surface area contributed by atoms with Gasteiger partial charge in [0.05, 0.1) is 26.7 Å². The molecular weight excluding hydrogens is 358 g/mol. The summed E-state index contributed by atoms with van der Waals surface area (Å²) in [5, 5.41) is 0. The van der Waals surface area contributed by atoms with Gasteiger partial charge >= 0.3 is 12.0 Å². The van der Waals surface area contributed by atoms with Gasteiger partial charge < -0.3 is 4.74 Å². The van der Waals surface area contributed by atoms with Crippen molar-refractivity contribution in [1.29, 1.82) is 0 Å². The minimum atomic E-state index is -0.588. The number of urea groups is 1. The van der Waals surface area contributed by atoms with Gasteiger partial charge in [-0.3, -0.25) is 14.6 Å². The second-order valence-corrected chi connectivity index (χ2v) is 7.27. The van der Waals surface area contributed by atoms with Crippen LogP contribution < -0.4 is 9.64 Å². The van der Waals surface area contributed by atoms with Gasteiger partial charge in [0.25, 0.3) is 5.91 Å². The number of ether oxygens (including phenoxy) is 1. The minimum Gasteiger partial charge on any atom is -0.493 e. The molecule has 0 aromatic heterocycles.